The quantitative estimate of drug-likeness (QED) is 0.756. The van der Waals surface area contributed by atoms with Crippen molar-refractivity contribution < 1.29 is 9.32 Å². The highest BCUT2D eigenvalue weighted by molar-refractivity contribution is 5.92. The van der Waals surface area contributed by atoms with Gasteiger partial charge in [0.05, 0.1) is 11.9 Å². The fraction of sp³-hybridized carbons (Fsp3) is 0.278. The maximum atomic E-state index is 12.0. The number of aromatic nitrogens is 3. The molecule has 6 heteroatoms. The van der Waals surface area contributed by atoms with Gasteiger partial charge in [-0.05, 0) is 24.1 Å². The maximum absolute atomic E-state index is 12.0. The fourth-order valence-corrected chi connectivity index (χ4v) is 2.29. The van der Waals surface area contributed by atoms with E-state index in [1.54, 1.807) is 6.07 Å². The van der Waals surface area contributed by atoms with Crippen LogP contribution in [0.15, 0.2) is 53.3 Å². The first-order valence-electron chi connectivity index (χ1n) is 7.97. The van der Waals surface area contributed by atoms with Crippen molar-refractivity contribution >= 4 is 5.91 Å². The molecule has 0 fully saturated rings. The van der Waals surface area contributed by atoms with E-state index < -0.39 is 0 Å². The zero-order valence-corrected chi connectivity index (χ0v) is 13.8. The molecule has 1 aromatic carbocycles. The first-order valence-corrected chi connectivity index (χ1v) is 7.97. The van der Waals surface area contributed by atoms with Gasteiger partial charge in [-0.2, -0.15) is 5.10 Å². The Bertz CT molecular complexity index is 805. The summed E-state index contributed by atoms with van der Waals surface area (Å²) < 4.78 is 6.96. The summed E-state index contributed by atoms with van der Waals surface area (Å²) in [5.74, 6) is 0.702. The average Bonchev–Trinajstić information content (AvgIpc) is 3.25. The van der Waals surface area contributed by atoms with Gasteiger partial charge in [0.2, 0.25) is 0 Å². The number of carbonyl (C=O) groups excluding carboxylic acids is 1. The smallest absolute Gasteiger partial charge is 0.273 e. The average molecular weight is 324 g/mol. The number of benzene rings is 1. The molecule has 0 aliphatic heterocycles. The molecule has 1 amide bonds. The molecule has 0 saturated carbocycles. The normalized spacial score (nSPS) is 11.0. The number of amides is 1. The van der Waals surface area contributed by atoms with Gasteiger partial charge in [0, 0.05) is 24.7 Å². The van der Waals surface area contributed by atoms with Crippen LogP contribution in [-0.4, -0.2) is 27.4 Å². The minimum atomic E-state index is -0.221. The van der Waals surface area contributed by atoms with Crippen molar-refractivity contribution in [2.45, 2.75) is 26.2 Å². The first kappa shape index (κ1) is 16.0. The van der Waals surface area contributed by atoms with Crippen LogP contribution >= 0.6 is 0 Å². The monoisotopic (exact) mass is 324 g/mol. The van der Waals surface area contributed by atoms with Crippen LogP contribution in [0.3, 0.4) is 0 Å². The summed E-state index contributed by atoms with van der Waals surface area (Å²) in [6.07, 6.45) is 4.48. The molecule has 0 aliphatic rings. The molecule has 0 atom stereocenters. The molecule has 0 radical (unpaired) electrons. The standard InChI is InChI=1S/C18H20N4O2/c1-13(2)17-10-16(21-24-17)18(23)19-9-8-14-11-20-22(12-14)15-6-4-3-5-7-15/h3-7,10-13H,8-9H2,1-2H3,(H,19,23). The second-order valence-corrected chi connectivity index (χ2v) is 5.90. The molecule has 0 unspecified atom stereocenters. The molecule has 124 valence electrons. The summed E-state index contributed by atoms with van der Waals surface area (Å²) in [5.41, 5.74) is 2.39. The van der Waals surface area contributed by atoms with Gasteiger partial charge in [0.25, 0.3) is 5.91 Å². The lowest BCUT2D eigenvalue weighted by Gasteiger charge is -2.01. The molecule has 24 heavy (non-hydrogen) atoms. The number of hydrogen-bond donors (Lipinski definition) is 1. The minimum absolute atomic E-state index is 0.211. The highest BCUT2D eigenvalue weighted by Gasteiger charge is 2.14. The Morgan fingerprint density at radius 3 is 2.79 bits per heavy atom. The van der Waals surface area contributed by atoms with E-state index in [2.05, 4.69) is 15.6 Å². The second kappa shape index (κ2) is 7.12. The largest absolute Gasteiger partial charge is 0.360 e. The van der Waals surface area contributed by atoms with Crippen LogP contribution < -0.4 is 5.32 Å². The van der Waals surface area contributed by atoms with Crippen molar-refractivity contribution in [1.29, 1.82) is 0 Å². The van der Waals surface area contributed by atoms with Gasteiger partial charge in [-0.1, -0.05) is 37.2 Å². The van der Waals surface area contributed by atoms with Crippen LogP contribution in [0.2, 0.25) is 0 Å². The van der Waals surface area contributed by atoms with Gasteiger partial charge < -0.3 is 9.84 Å². The molecule has 2 aromatic heterocycles. The van der Waals surface area contributed by atoms with Crippen molar-refractivity contribution in [1.82, 2.24) is 20.3 Å². The third-order valence-electron chi connectivity index (χ3n) is 3.69. The van der Waals surface area contributed by atoms with Gasteiger partial charge in [0.1, 0.15) is 5.76 Å². The summed E-state index contributed by atoms with van der Waals surface area (Å²) in [5, 5.41) is 11.0. The molecule has 0 bridgehead atoms. The molecule has 1 N–H and O–H groups in total. The van der Waals surface area contributed by atoms with E-state index in [9.17, 15) is 4.79 Å². The zero-order chi connectivity index (χ0) is 16.9. The zero-order valence-electron chi connectivity index (χ0n) is 13.8. The number of rotatable bonds is 6. The molecular formula is C18H20N4O2. The molecular weight excluding hydrogens is 304 g/mol. The maximum Gasteiger partial charge on any atom is 0.273 e. The van der Waals surface area contributed by atoms with Gasteiger partial charge in [0.15, 0.2) is 5.69 Å². The summed E-state index contributed by atoms with van der Waals surface area (Å²) in [6.45, 7) is 4.50. The topological polar surface area (TPSA) is 73.0 Å². The molecule has 0 saturated heterocycles. The molecule has 3 rings (SSSR count). The van der Waals surface area contributed by atoms with E-state index in [-0.39, 0.29) is 11.8 Å². The third-order valence-corrected chi connectivity index (χ3v) is 3.69. The van der Waals surface area contributed by atoms with E-state index in [0.717, 1.165) is 11.3 Å². The SMILES string of the molecule is CC(C)c1cc(C(=O)NCCc2cnn(-c3ccccc3)c2)no1. The Morgan fingerprint density at radius 1 is 1.29 bits per heavy atom. The molecule has 6 nitrogen and oxygen atoms in total. The Morgan fingerprint density at radius 2 is 2.08 bits per heavy atom. The summed E-state index contributed by atoms with van der Waals surface area (Å²) in [4.78, 5) is 12.0. The van der Waals surface area contributed by atoms with Crippen molar-refractivity contribution in [2.75, 3.05) is 6.54 Å². The first-order chi connectivity index (χ1) is 11.6. The molecule has 0 aliphatic carbocycles. The predicted octanol–water partition coefficient (Wildman–Crippen LogP) is 2.96. The molecule has 3 aromatic rings. The predicted molar refractivity (Wildman–Crippen MR) is 90.2 cm³/mol. The van der Waals surface area contributed by atoms with E-state index in [1.807, 2.05) is 61.3 Å². The summed E-state index contributed by atoms with van der Waals surface area (Å²) >= 11 is 0. The van der Waals surface area contributed by atoms with Crippen molar-refractivity contribution in [3.8, 4) is 5.69 Å². The van der Waals surface area contributed by atoms with E-state index in [0.29, 0.717) is 24.4 Å². The van der Waals surface area contributed by atoms with Crippen molar-refractivity contribution in [3.63, 3.8) is 0 Å². The van der Waals surface area contributed by atoms with Crippen LogP contribution in [0.1, 0.15) is 41.6 Å². The van der Waals surface area contributed by atoms with Gasteiger partial charge in [-0.3, -0.25) is 4.79 Å². The Labute approximate surface area is 140 Å². The lowest BCUT2D eigenvalue weighted by Crippen LogP contribution is -2.25. The van der Waals surface area contributed by atoms with Crippen LogP contribution in [-0.2, 0) is 6.42 Å². The summed E-state index contributed by atoms with van der Waals surface area (Å²) in [6, 6.07) is 11.6. The molecule has 2 heterocycles. The number of nitrogens with zero attached hydrogens (tertiary/aromatic N) is 3. The number of carbonyl (C=O) groups is 1. The lowest BCUT2D eigenvalue weighted by molar-refractivity contribution is 0.0945. The van der Waals surface area contributed by atoms with Gasteiger partial charge in [-0.25, -0.2) is 4.68 Å². The van der Waals surface area contributed by atoms with E-state index >= 15 is 0 Å². The highest BCUT2D eigenvalue weighted by atomic mass is 16.5. The third kappa shape index (κ3) is 3.71. The fourth-order valence-electron chi connectivity index (χ4n) is 2.29. The van der Waals surface area contributed by atoms with Crippen LogP contribution in [0.5, 0.6) is 0 Å². The Hall–Kier alpha value is -2.89. The molecule has 0 spiro atoms. The van der Waals surface area contributed by atoms with Crippen LogP contribution in [0.4, 0.5) is 0 Å². The van der Waals surface area contributed by atoms with Crippen molar-refractivity contribution in [3.05, 3.63) is 65.8 Å². The Kier molecular flexibility index (Phi) is 4.74. The van der Waals surface area contributed by atoms with E-state index in [1.165, 1.54) is 0 Å². The van der Waals surface area contributed by atoms with Crippen molar-refractivity contribution in [2.24, 2.45) is 0 Å². The van der Waals surface area contributed by atoms with E-state index in [4.69, 9.17) is 4.52 Å². The number of hydrogen-bond acceptors (Lipinski definition) is 4. The number of para-hydroxylation sites is 1. The van der Waals surface area contributed by atoms with Crippen LogP contribution in [0.25, 0.3) is 5.69 Å². The Balaban J connectivity index is 1.53. The number of nitrogens with one attached hydrogen (secondary N) is 1. The minimum Gasteiger partial charge on any atom is -0.360 e. The summed E-state index contributed by atoms with van der Waals surface area (Å²) in [7, 11) is 0. The lowest BCUT2D eigenvalue weighted by atomic mass is 10.1. The van der Waals surface area contributed by atoms with Gasteiger partial charge >= 0.3 is 0 Å². The second-order valence-electron chi connectivity index (χ2n) is 5.90. The van der Waals surface area contributed by atoms with Gasteiger partial charge in [-0.15, -0.1) is 0 Å². The highest BCUT2D eigenvalue weighted by Crippen LogP contribution is 2.14. The van der Waals surface area contributed by atoms with Crippen LogP contribution in [0, 0.1) is 0 Å².